The monoisotopic (exact) mass is 421 g/mol. The number of hydrogen-bond donors (Lipinski definition) is 0. The Morgan fingerprint density at radius 3 is 2.61 bits per heavy atom. The lowest BCUT2D eigenvalue weighted by Gasteiger charge is -2.31. The van der Waals surface area contributed by atoms with E-state index in [1.165, 1.54) is 0 Å². The average molecular weight is 421 g/mol. The predicted octanol–water partition coefficient (Wildman–Crippen LogP) is 2.07. The maximum atomic E-state index is 13.5. The van der Waals surface area contributed by atoms with E-state index in [0.29, 0.717) is 48.6 Å². The highest BCUT2D eigenvalue weighted by Gasteiger charge is 2.42. The average Bonchev–Trinajstić information content (AvgIpc) is 3.10. The van der Waals surface area contributed by atoms with E-state index in [0.717, 1.165) is 18.7 Å². The normalized spacial score (nSPS) is 19.1. The van der Waals surface area contributed by atoms with E-state index in [9.17, 15) is 9.59 Å². The topological polar surface area (TPSA) is 85.1 Å². The third-order valence-electron chi connectivity index (χ3n) is 5.96. The molecular weight excluding hydrogens is 398 g/mol. The highest BCUT2D eigenvalue weighted by atomic mass is 16.5. The molecule has 0 aliphatic carbocycles. The Kier molecular flexibility index (Phi) is 5.17. The number of morpholine rings is 1. The fourth-order valence-electron chi connectivity index (χ4n) is 4.32. The molecule has 2 aliphatic rings. The van der Waals surface area contributed by atoms with Crippen molar-refractivity contribution in [3.05, 3.63) is 69.8 Å². The van der Waals surface area contributed by atoms with E-state index >= 15 is 0 Å². The van der Waals surface area contributed by atoms with Crippen molar-refractivity contribution in [2.75, 3.05) is 46.5 Å². The lowest BCUT2D eigenvalue weighted by molar-refractivity contribution is 0.0314. The molecule has 1 saturated heterocycles. The van der Waals surface area contributed by atoms with Gasteiger partial charge in [0.05, 0.1) is 37.3 Å². The summed E-state index contributed by atoms with van der Waals surface area (Å²) >= 11 is 0. The molecule has 1 fully saturated rings. The van der Waals surface area contributed by atoms with Crippen LogP contribution in [0.3, 0.4) is 0 Å². The summed E-state index contributed by atoms with van der Waals surface area (Å²) in [6.45, 7) is 4.22. The maximum Gasteiger partial charge on any atom is 0.290 e. The second kappa shape index (κ2) is 8.13. The van der Waals surface area contributed by atoms with Crippen LogP contribution in [-0.2, 0) is 4.74 Å². The van der Waals surface area contributed by atoms with Crippen molar-refractivity contribution in [1.82, 2.24) is 14.8 Å². The van der Waals surface area contributed by atoms with Crippen LogP contribution in [0.5, 0.6) is 5.75 Å². The molecule has 4 heterocycles. The predicted molar refractivity (Wildman–Crippen MR) is 113 cm³/mol. The molecular formula is C23H23N3O5. The summed E-state index contributed by atoms with van der Waals surface area (Å²) in [6.07, 6.45) is 3.34. The summed E-state index contributed by atoms with van der Waals surface area (Å²) < 4.78 is 16.7. The Balaban J connectivity index is 1.59. The number of fused-ring (bicyclic) bond motifs is 2. The van der Waals surface area contributed by atoms with E-state index in [2.05, 4.69) is 9.88 Å². The molecule has 0 radical (unpaired) electrons. The molecule has 2 aromatic heterocycles. The molecule has 160 valence electrons. The highest BCUT2D eigenvalue weighted by molar-refractivity contribution is 5.99. The van der Waals surface area contributed by atoms with Gasteiger partial charge in [-0.2, -0.15) is 0 Å². The number of carbonyl (C=O) groups is 1. The highest BCUT2D eigenvalue weighted by Crippen LogP contribution is 2.38. The minimum atomic E-state index is -0.505. The number of hydrogen-bond acceptors (Lipinski definition) is 7. The zero-order chi connectivity index (χ0) is 21.4. The number of pyridine rings is 1. The van der Waals surface area contributed by atoms with Crippen LogP contribution in [0, 0.1) is 0 Å². The van der Waals surface area contributed by atoms with Gasteiger partial charge in [-0.05, 0) is 29.8 Å². The van der Waals surface area contributed by atoms with Crippen LogP contribution in [0.1, 0.15) is 27.7 Å². The molecule has 0 spiro atoms. The van der Waals surface area contributed by atoms with Crippen LogP contribution < -0.4 is 10.2 Å². The van der Waals surface area contributed by atoms with Gasteiger partial charge in [0, 0.05) is 44.6 Å². The molecule has 2 aliphatic heterocycles. The summed E-state index contributed by atoms with van der Waals surface area (Å²) in [5, 5.41) is 0.432. The van der Waals surface area contributed by atoms with Gasteiger partial charge in [0.1, 0.15) is 11.3 Å². The third-order valence-corrected chi connectivity index (χ3v) is 5.96. The summed E-state index contributed by atoms with van der Waals surface area (Å²) in [5.74, 6) is 0.400. The van der Waals surface area contributed by atoms with E-state index in [4.69, 9.17) is 13.9 Å². The number of methoxy groups -OCH3 is 1. The van der Waals surface area contributed by atoms with Gasteiger partial charge in [0.25, 0.3) is 5.91 Å². The van der Waals surface area contributed by atoms with Crippen LogP contribution in [0.25, 0.3) is 11.0 Å². The Hall–Kier alpha value is -3.23. The zero-order valence-electron chi connectivity index (χ0n) is 17.2. The summed E-state index contributed by atoms with van der Waals surface area (Å²) in [6, 6.07) is 8.22. The Morgan fingerprint density at radius 1 is 1.10 bits per heavy atom. The van der Waals surface area contributed by atoms with Gasteiger partial charge in [-0.3, -0.25) is 19.5 Å². The minimum absolute atomic E-state index is 0.106. The van der Waals surface area contributed by atoms with Crippen molar-refractivity contribution in [2.24, 2.45) is 0 Å². The minimum Gasteiger partial charge on any atom is -0.497 e. The molecule has 8 nitrogen and oxygen atoms in total. The van der Waals surface area contributed by atoms with Gasteiger partial charge in [-0.1, -0.05) is 0 Å². The third kappa shape index (κ3) is 3.47. The largest absolute Gasteiger partial charge is 0.497 e. The number of carbonyl (C=O) groups excluding carboxylic acids is 1. The van der Waals surface area contributed by atoms with Crippen molar-refractivity contribution in [1.29, 1.82) is 0 Å². The molecule has 1 unspecified atom stereocenters. The van der Waals surface area contributed by atoms with Crippen molar-refractivity contribution in [3.63, 3.8) is 0 Å². The van der Waals surface area contributed by atoms with Gasteiger partial charge in [0.2, 0.25) is 5.76 Å². The number of ether oxygens (including phenoxy) is 2. The molecule has 5 rings (SSSR count). The summed E-state index contributed by atoms with van der Waals surface area (Å²) in [7, 11) is 1.55. The van der Waals surface area contributed by atoms with Gasteiger partial charge in [-0.25, -0.2) is 0 Å². The van der Waals surface area contributed by atoms with Crippen LogP contribution in [0.2, 0.25) is 0 Å². The van der Waals surface area contributed by atoms with Gasteiger partial charge in [0.15, 0.2) is 5.43 Å². The lowest BCUT2D eigenvalue weighted by atomic mass is 9.99. The van der Waals surface area contributed by atoms with Crippen LogP contribution in [0.15, 0.2) is 51.9 Å². The van der Waals surface area contributed by atoms with E-state index in [1.54, 1.807) is 42.6 Å². The smallest absolute Gasteiger partial charge is 0.290 e. The molecule has 31 heavy (non-hydrogen) atoms. The molecule has 0 saturated carbocycles. The first-order valence-corrected chi connectivity index (χ1v) is 10.3. The Bertz CT molecular complexity index is 1170. The quantitative estimate of drug-likeness (QED) is 0.624. The number of benzene rings is 1. The molecule has 3 aromatic rings. The number of amides is 1. The Morgan fingerprint density at radius 2 is 1.87 bits per heavy atom. The molecule has 8 heteroatoms. The maximum absolute atomic E-state index is 13.5. The van der Waals surface area contributed by atoms with Crippen molar-refractivity contribution in [2.45, 2.75) is 6.04 Å². The summed E-state index contributed by atoms with van der Waals surface area (Å²) in [5.41, 5.74) is 1.38. The first-order chi connectivity index (χ1) is 15.2. The first-order valence-electron chi connectivity index (χ1n) is 10.3. The second-order valence-electron chi connectivity index (χ2n) is 7.67. The van der Waals surface area contributed by atoms with Crippen LogP contribution in [-0.4, -0.2) is 67.2 Å². The number of rotatable bonds is 5. The van der Waals surface area contributed by atoms with Gasteiger partial charge in [-0.15, -0.1) is 0 Å². The van der Waals surface area contributed by atoms with Gasteiger partial charge < -0.3 is 18.8 Å². The molecule has 1 amide bonds. The summed E-state index contributed by atoms with van der Waals surface area (Å²) in [4.78, 5) is 35.0. The van der Waals surface area contributed by atoms with Gasteiger partial charge >= 0.3 is 0 Å². The lowest BCUT2D eigenvalue weighted by Crippen LogP contribution is -2.42. The molecule has 0 N–H and O–H groups in total. The standard InChI is InChI=1S/C23H23N3O5/c1-29-16-2-3-17-18(14-16)31-22-19(21(17)27)20(15-4-6-24-7-5-15)26(23(22)28)9-8-25-10-12-30-13-11-25/h2-7,14,20H,8-13H2,1H3. The SMILES string of the molecule is COc1ccc2c(=O)c3c(oc2c1)C(=O)N(CCN1CCOCC1)C3c1ccncc1. The number of nitrogens with zero attached hydrogens (tertiary/aromatic N) is 3. The van der Waals surface area contributed by atoms with E-state index in [-0.39, 0.29) is 17.1 Å². The van der Waals surface area contributed by atoms with Crippen molar-refractivity contribution >= 4 is 16.9 Å². The fourth-order valence-corrected chi connectivity index (χ4v) is 4.32. The fraction of sp³-hybridized carbons (Fsp3) is 0.348. The number of aromatic nitrogens is 1. The molecule has 1 atom stereocenters. The van der Waals surface area contributed by atoms with E-state index < -0.39 is 6.04 Å². The van der Waals surface area contributed by atoms with E-state index in [1.807, 2.05) is 12.1 Å². The van der Waals surface area contributed by atoms with Crippen molar-refractivity contribution < 1.29 is 18.7 Å². The molecule has 0 bridgehead atoms. The zero-order valence-corrected chi connectivity index (χ0v) is 17.2. The van der Waals surface area contributed by atoms with Crippen LogP contribution in [0.4, 0.5) is 0 Å². The molecule has 1 aromatic carbocycles. The first kappa shape index (κ1) is 19.7. The van der Waals surface area contributed by atoms with Crippen molar-refractivity contribution in [3.8, 4) is 5.75 Å². The Labute approximate surface area is 179 Å². The van der Waals surface area contributed by atoms with Crippen LogP contribution >= 0.6 is 0 Å². The second-order valence-corrected chi connectivity index (χ2v) is 7.67.